The van der Waals surface area contributed by atoms with Crippen molar-refractivity contribution < 1.29 is 0 Å². The lowest BCUT2D eigenvalue weighted by Gasteiger charge is -2.45. The summed E-state index contributed by atoms with van der Waals surface area (Å²) in [6.07, 6.45) is 0. The van der Waals surface area contributed by atoms with Crippen molar-refractivity contribution in [1.29, 1.82) is 0 Å². The van der Waals surface area contributed by atoms with E-state index in [0.29, 0.717) is 0 Å². The minimum atomic E-state index is -1.26. The van der Waals surface area contributed by atoms with Gasteiger partial charge >= 0.3 is 0 Å². The number of hydrogen-bond acceptors (Lipinski definition) is 0. The van der Waals surface area contributed by atoms with Crippen LogP contribution in [0.15, 0.2) is 0 Å². The van der Waals surface area contributed by atoms with Gasteiger partial charge in [0, 0.05) is 0 Å². The van der Waals surface area contributed by atoms with Crippen molar-refractivity contribution in [2.45, 2.75) is 79.6 Å². The molecule has 2 aliphatic carbocycles. The highest BCUT2D eigenvalue weighted by Crippen LogP contribution is 2.62. The van der Waals surface area contributed by atoms with Gasteiger partial charge in [-0.25, -0.2) is 0 Å². The zero-order chi connectivity index (χ0) is 16.3. The predicted octanol–water partition coefficient (Wildman–Crippen LogP) is 6.55. The third kappa shape index (κ3) is 2.46. The average molecular weight is 309 g/mol. The Morgan fingerprint density at radius 3 is 0.762 bits per heavy atom. The lowest BCUT2D eigenvalue weighted by molar-refractivity contribution is 0.352. The van der Waals surface area contributed by atoms with Gasteiger partial charge in [-0.05, 0) is 58.4 Å². The highest BCUT2D eigenvalue weighted by Gasteiger charge is 2.57. The van der Waals surface area contributed by atoms with Crippen LogP contribution < -0.4 is 0 Å². The molecule has 0 spiro atoms. The molecule has 0 heterocycles. The monoisotopic (exact) mass is 308 g/mol. The van der Waals surface area contributed by atoms with Crippen molar-refractivity contribution in [3.63, 3.8) is 0 Å². The molecule has 0 nitrogen and oxygen atoms in total. The summed E-state index contributed by atoms with van der Waals surface area (Å²) in [5.74, 6) is 7.39. The molecule has 124 valence electrons. The summed E-state index contributed by atoms with van der Waals surface area (Å²) in [7, 11) is -1.26. The highest BCUT2D eigenvalue weighted by molar-refractivity contribution is 6.80. The lowest BCUT2D eigenvalue weighted by atomic mass is 9.92. The van der Waals surface area contributed by atoms with Gasteiger partial charge in [0.05, 0.1) is 8.07 Å². The van der Waals surface area contributed by atoms with Gasteiger partial charge in [-0.1, -0.05) is 68.5 Å². The SMILES string of the molecule is CC1C(C)[C@@H](C)[C@@H](C)C1[Si](C)(C)C1[C@H](C)C(C)[C@@H](C)[C@H]1C. The van der Waals surface area contributed by atoms with Gasteiger partial charge in [-0.3, -0.25) is 0 Å². The Morgan fingerprint density at radius 2 is 0.571 bits per heavy atom. The Morgan fingerprint density at radius 1 is 0.381 bits per heavy atom. The van der Waals surface area contributed by atoms with E-state index in [9.17, 15) is 0 Å². The van der Waals surface area contributed by atoms with E-state index in [1.807, 2.05) is 0 Å². The molecular weight excluding hydrogens is 268 g/mol. The second-order valence-corrected chi connectivity index (χ2v) is 14.7. The van der Waals surface area contributed by atoms with Crippen molar-refractivity contribution >= 4 is 8.07 Å². The maximum absolute atomic E-state index is 2.75. The lowest BCUT2D eigenvalue weighted by Crippen LogP contribution is -2.45. The fourth-order valence-corrected chi connectivity index (χ4v) is 14.2. The molecule has 0 N–H and O–H groups in total. The first-order valence-corrected chi connectivity index (χ1v) is 12.7. The van der Waals surface area contributed by atoms with Gasteiger partial charge in [-0.15, -0.1) is 0 Å². The zero-order valence-corrected chi connectivity index (χ0v) is 17.3. The Labute approximate surface area is 135 Å². The molecule has 0 amide bonds. The molecule has 10 atom stereocenters. The summed E-state index contributed by atoms with van der Waals surface area (Å²) in [5, 5.41) is 0. The topological polar surface area (TPSA) is 0 Å². The van der Waals surface area contributed by atoms with Gasteiger partial charge in [0.1, 0.15) is 0 Å². The molecule has 5 unspecified atom stereocenters. The summed E-state index contributed by atoms with van der Waals surface area (Å²) >= 11 is 0. The maximum atomic E-state index is 2.75. The predicted molar refractivity (Wildman–Crippen MR) is 98.3 cm³/mol. The summed E-state index contributed by atoms with van der Waals surface area (Å²) in [5.41, 5.74) is 2.05. The van der Waals surface area contributed by atoms with Crippen LogP contribution in [-0.4, -0.2) is 8.07 Å². The van der Waals surface area contributed by atoms with Crippen LogP contribution in [0.2, 0.25) is 24.2 Å². The van der Waals surface area contributed by atoms with E-state index in [-0.39, 0.29) is 0 Å². The van der Waals surface area contributed by atoms with Crippen LogP contribution >= 0.6 is 0 Å². The van der Waals surface area contributed by atoms with Crippen molar-refractivity contribution in [1.82, 2.24) is 0 Å². The van der Waals surface area contributed by atoms with E-state index in [2.05, 4.69) is 68.5 Å². The molecule has 0 bridgehead atoms. The molecule has 0 aromatic heterocycles. The number of hydrogen-bond donors (Lipinski definition) is 0. The Kier molecular flexibility index (Phi) is 4.76. The van der Waals surface area contributed by atoms with E-state index >= 15 is 0 Å². The zero-order valence-electron chi connectivity index (χ0n) is 16.3. The quantitative estimate of drug-likeness (QED) is 0.507. The number of rotatable bonds is 2. The van der Waals surface area contributed by atoms with Crippen molar-refractivity contribution in [2.24, 2.45) is 47.3 Å². The van der Waals surface area contributed by atoms with E-state index < -0.39 is 8.07 Å². The molecule has 0 saturated heterocycles. The van der Waals surface area contributed by atoms with Gasteiger partial charge in [-0.2, -0.15) is 0 Å². The highest BCUT2D eigenvalue weighted by atomic mass is 28.3. The van der Waals surface area contributed by atoms with Crippen LogP contribution in [0.5, 0.6) is 0 Å². The molecule has 0 radical (unpaired) electrons. The fraction of sp³-hybridized carbons (Fsp3) is 1.00. The second kappa shape index (κ2) is 5.69. The molecule has 2 saturated carbocycles. The van der Waals surface area contributed by atoms with E-state index in [1.54, 1.807) is 0 Å². The van der Waals surface area contributed by atoms with Crippen LogP contribution in [0.25, 0.3) is 0 Å². The third-order valence-electron chi connectivity index (χ3n) is 8.96. The largest absolute Gasteiger partial charge is 0.0689 e. The van der Waals surface area contributed by atoms with Crippen molar-refractivity contribution in [2.75, 3.05) is 0 Å². The molecule has 0 aromatic carbocycles. The molecule has 0 aliphatic heterocycles. The molecule has 2 fully saturated rings. The van der Waals surface area contributed by atoms with Gasteiger partial charge in [0.2, 0.25) is 0 Å². The van der Waals surface area contributed by atoms with Crippen molar-refractivity contribution in [3.05, 3.63) is 0 Å². The first-order chi connectivity index (χ1) is 9.53. The summed E-state index contributed by atoms with van der Waals surface area (Å²) in [6, 6.07) is 0. The molecular formula is C20H40Si. The standard InChI is InChI=1S/C20H40Si/c1-11-12(2)16(6)19(15(11)5)21(9,10)20-17(7)13(3)14(4)18(20)8/h11-20H,1-10H3/t11-,12?,13-,14?,15-,16-,17-,18?,19?,20?/m1/s1. The Balaban J connectivity index is 2.34. The Hall–Kier alpha value is 0.217. The van der Waals surface area contributed by atoms with Gasteiger partial charge < -0.3 is 0 Å². The minimum absolute atomic E-state index is 0.915. The smallest absolute Gasteiger partial charge is 0.0546 e. The average Bonchev–Trinajstić information content (AvgIpc) is 2.72. The van der Waals surface area contributed by atoms with Crippen LogP contribution in [0.1, 0.15) is 55.4 Å². The summed E-state index contributed by atoms with van der Waals surface area (Å²) < 4.78 is 0. The van der Waals surface area contributed by atoms with Crippen LogP contribution in [-0.2, 0) is 0 Å². The van der Waals surface area contributed by atoms with E-state index in [0.717, 1.165) is 58.4 Å². The normalized spacial score (nSPS) is 55.1. The maximum Gasteiger partial charge on any atom is 0.0546 e. The van der Waals surface area contributed by atoms with Gasteiger partial charge in [0.25, 0.3) is 0 Å². The van der Waals surface area contributed by atoms with Gasteiger partial charge in [0.15, 0.2) is 0 Å². The summed E-state index contributed by atoms with van der Waals surface area (Å²) in [4.78, 5) is 0. The molecule has 0 aromatic rings. The van der Waals surface area contributed by atoms with Crippen LogP contribution in [0, 0.1) is 47.3 Å². The fourth-order valence-electron chi connectivity index (χ4n) is 7.11. The molecule has 21 heavy (non-hydrogen) atoms. The first kappa shape index (κ1) is 17.6. The first-order valence-electron chi connectivity index (χ1n) is 9.53. The molecule has 2 aliphatic rings. The van der Waals surface area contributed by atoms with E-state index in [1.165, 1.54) is 0 Å². The third-order valence-corrected chi connectivity index (χ3v) is 14.5. The second-order valence-electron chi connectivity index (χ2n) is 9.75. The Bertz CT molecular complexity index is 312. The minimum Gasteiger partial charge on any atom is -0.0689 e. The summed E-state index contributed by atoms with van der Waals surface area (Å²) in [6.45, 7) is 25.8. The molecule has 1 heteroatoms. The van der Waals surface area contributed by atoms with Crippen LogP contribution in [0.4, 0.5) is 0 Å². The van der Waals surface area contributed by atoms with E-state index in [4.69, 9.17) is 0 Å². The molecule has 2 rings (SSSR count). The van der Waals surface area contributed by atoms with Crippen molar-refractivity contribution in [3.8, 4) is 0 Å². The van der Waals surface area contributed by atoms with Crippen LogP contribution in [0.3, 0.4) is 0 Å².